The summed E-state index contributed by atoms with van der Waals surface area (Å²) in [6.45, 7) is 4.75. The van der Waals surface area contributed by atoms with Crippen LogP contribution in [0.5, 0.6) is 5.75 Å². The predicted molar refractivity (Wildman–Crippen MR) is 105 cm³/mol. The Morgan fingerprint density at radius 2 is 2.07 bits per heavy atom. The number of nitrogens with two attached hydrogens (primary N) is 1. The highest BCUT2D eigenvalue weighted by atomic mass is 32.1. The number of hydrogen-bond donors (Lipinski definition) is 2. The maximum absolute atomic E-state index is 13.4. The summed E-state index contributed by atoms with van der Waals surface area (Å²) in [5, 5.41) is 10.4. The van der Waals surface area contributed by atoms with Crippen LogP contribution in [0.25, 0.3) is 0 Å². The first-order valence-corrected chi connectivity index (χ1v) is 10.4. The molecule has 0 radical (unpaired) electrons. The summed E-state index contributed by atoms with van der Waals surface area (Å²) in [5.41, 5.74) is 7.69. The molecule has 0 saturated carbocycles. The van der Waals surface area contributed by atoms with E-state index < -0.39 is 0 Å². The van der Waals surface area contributed by atoms with E-state index in [-0.39, 0.29) is 23.6 Å². The number of likely N-dealkylation sites (tertiary alicyclic amines) is 1. The van der Waals surface area contributed by atoms with Crippen molar-refractivity contribution in [2.45, 2.75) is 37.8 Å². The summed E-state index contributed by atoms with van der Waals surface area (Å²) in [6.07, 6.45) is 2.31. The summed E-state index contributed by atoms with van der Waals surface area (Å²) < 4.78 is 0. The largest absolute Gasteiger partial charge is 0.508 e. The maximum atomic E-state index is 13.4. The summed E-state index contributed by atoms with van der Waals surface area (Å²) in [6, 6.07) is 8.09. The maximum Gasteiger partial charge on any atom is 0.266 e. The number of hydrogen-bond acceptors (Lipinski definition) is 6. The molecule has 6 rings (SSSR count). The van der Waals surface area contributed by atoms with Crippen molar-refractivity contribution in [3.63, 3.8) is 0 Å². The molecule has 0 spiro atoms. The normalized spacial score (nSPS) is 31.9. The minimum absolute atomic E-state index is 0.0631. The van der Waals surface area contributed by atoms with Crippen LogP contribution < -0.4 is 5.73 Å². The second-order valence-electron chi connectivity index (χ2n) is 7.98. The van der Waals surface area contributed by atoms with E-state index in [1.165, 1.54) is 11.3 Å². The van der Waals surface area contributed by atoms with Crippen LogP contribution in [0.2, 0.25) is 0 Å². The molecule has 0 aliphatic carbocycles. The number of rotatable bonds is 2. The monoisotopic (exact) mass is 384 g/mol. The molecule has 0 unspecified atom stereocenters. The van der Waals surface area contributed by atoms with Crippen molar-refractivity contribution in [3.8, 4) is 5.75 Å². The van der Waals surface area contributed by atoms with E-state index in [0.717, 1.165) is 37.2 Å². The van der Waals surface area contributed by atoms with Crippen LogP contribution in [0.1, 0.15) is 39.7 Å². The van der Waals surface area contributed by atoms with Crippen molar-refractivity contribution >= 4 is 22.4 Å². The number of benzene rings is 1. The van der Waals surface area contributed by atoms with Crippen molar-refractivity contribution < 1.29 is 9.90 Å². The third kappa shape index (κ3) is 2.63. The van der Waals surface area contributed by atoms with Gasteiger partial charge in [-0.05, 0) is 56.5 Å². The summed E-state index contributed by atoms with van der Waals surface area (Å²) in [7, 11) is 0. The SMILES string of the molecule is Cc1nc(N)sc1C(=O)N1C[C@H](c2cccc(O)c2)[C@H]2[C@@H]1C1CCN2CC1. The third-order valence-electron chi connectivity index (χ3n) is 6.56. The smallest absolute Gasteiger partial charge is 0.266 e. The van der Waals surface area contributed by atoms with Gasteiger partial charge in [0.25, 0.3) is 5.91 Å². The molecule has 7 heteroatoms. The van der Waals surface area contributed by atoms with Crippen LogP contribution >= 0.6 is 11.3 Å². The molecule has 5 heterocycles. The van der Waals surface area contributed by atoms with E-state index in [1.807, 2.05) is 19.1 Å². The fraction of sp³-hybridized carbons (Fsp3) is 0.500. The summed E-state index contributed by atoms with van der Waals surface area (Å²) >= 11 is 1.29. The van der Waals surface area contributed by atoms with Crippen LogP contribution in [-0.4, -0.2) is 57.5 Å². The van der Waals surface area contributed by atoms with Gasteiger partial charge in [-0.25, -0.2) is 4.98 Å². The van der Waals surface area contributed by atoms with Gasteiger partial charge in [0, 0.05) is 18.5 Å². The Morgan fingerprint density at radius 1 is 1.30 bits per heavy atom. The molecule has 27 heavy (non-hydrogen) atoms. The molecule has 4 aliphatic rings. The van der Waals surface area contributed by atoms with Gasteiger partial charge in [-0.1, -0.05) is 23.5 Å². The van der Waals surface area contributed by atoms with Gasteiger partial charge in [0.15, 0.2) is 5.13 Å². The molecule has 2 bridgehead atoms. The first-order chi connectivity index (χ1) is 13.0. The van der Waals surface area contributed by atoms with Gasteiger partial charge in [0.1, 0.15) is 10.6 Å². The second kappa shape index (κ2) is 6.21. The average molecular weight is 385 g/mol. The number of piperidine rings is 3. The Kier molecular flexibility index (Phi) is 3.91. The van der Waals surface area contributed by atoms with Gasteiger partial charge >= 0.3 is 0 Å². The van der Waals surface area contributed by atoms with E-state index in [2.05, 4.69) is 20.9 Å². The topological polar surface area (TPSA) is 82.7 Å². The van der Waals surface area contributed by atoms with Gasteiger partial charge in [0.2, 0.25) is 0 Å². The molecule has 4 fully saturated rings. The zero-order chi connectivity index (χ0) is 18.7. The minimum Gasteiger partial charge on any atom is -0.508 e. The molecular weight excluding hydrogens is 360 g/mol. The zero-order valence-electron chi connectivity index (χ0n) is 15.3. The molecule has 3 atom stereocenters. The molecule has 6 nitrogen and oxygen atoms in total. The van der Waals surface area contributed by atoms with Crippen LogP contribution in [0.15, 0.2) is 24.3 Å². The second-order valence-corrected chi connectivity index (χ2v) is 9.01. The molecule has 4 aliphatic heterocycles. The number of nitrogen functional groups attached to an aromatic ring is 1. The van der Waals surface area contributed by atoms with Crippen molar-refractivity contribution in [1.82, 2.24) is 14.8 Å². The quantitative estimate of drug-likeness (QED) is 0.831. The lowest BCUT2D eigenvalue weighted by Crippen LogP contribution is -2.60. The fourth-order valence-electron chi connectivity index (χ4n) is 5.45. The third-order valence-corrected chi connectivity index (χ3v) is 7.54. The first kappa shape index (κ1) is 17.0. The zero-order valence-corrected chi connectivity index (χ0v) is 16.2. The molecule has 4 saturated heterocycles. The first-order valence-electron chi connectivity index (χ1n) is 9.60. The molecule has 1 aromatic carbocycles. The Hall–Kier alpha value is -2.12. The molecule has 142 valence electrons. The van der Waals surface area contributed by atoms with E-state index >= 15 is 0 Å². The van der Waals surface area contributed by atoms with E-state index in [1.54, 1.807) is 6.07 Å². The van der Waals surface area contributed by atoms with Gasteiger partial charge in [-0.15, -0.1) is 0 Å². The summed E-state index contributed by atoms with van der Waals surface area (Å²) in [5.74, 6) is 1.13. The highest BCUT2D eigenvalue weighted by Crippen LogP contribution is 2.47. The van der Waals surface area contributed by atoms with Gasteiger partial charge in [0.05, 0.1) is 11.7 Å². The standard InChI is InChI=1S/C20H24N4O2S/c1-11-18(27-20(21)22-11)19(26)24-10-15(13-3-2-4-14(25)9-13)17-16(24)12-5-7-23(17)8-6-12/h2-4,9,12,15-17,25H,5-8,10H2,1H3,(H2,21,22)/t15-,16+,17+/m1/s1. The number of amides is 1. The fourth-order valence-corrected chi connectivity index (χ4v) is 6.24. The highest BCUT2D eigenvalue weighted by molar-refractivity contribution is 7.17. The summed E-state index contributed by atoms with van der Waals surface area (Å²) in [4.78, 5) is 23.0. The van der Waals surface area contributed by atoms with E-state index in [4.69, 9.17) is 5.73 Å². The molecule has 3 N–H and O–H groups in total. The lowest BCUT2D eigenvalue weighted by atomic mass is 9.75. The van der Waals surface area contributed by atoms with Gasteiger partial charge in [-0.2, -0.15) is 0 Å². The number of carbonyl (C=O) groups is 1. The number of phenolic OH excluding ortho intramolecular Hbond substituents is 1. The number of aromatic hydroxyl groups is 1. The number of fused-ring (bicyclic) bond motifs is 2. The van der Waals surface area contributed by atoms with Crippen molar-refractivity contribution in [2.75, 3.05) is 25.4 Å². The van der Waals surface area contributed by atoms with E-state index in [0.29, 0.717) is 28.5 Å². The average Bonchev–Trinajstić information content (AvgIpc) is 3.24. The van der Waals surface area contributed by atoms with Gasteiger partial charge < -0.3 is 15.7 Å². The van der Waals surface area contributed by atoms with Crippen LogP contribution in [0.3, 0.4) is 0 Å². The van der Waals surface area contributed by atoms with Crippen LogP contribution in [0.4, 0.5) is 5.13 Å². The Labute approximate surface area is 162 Å². The Morgan fingerprint density at radius 3 is 2.74 bits per heavy atom. The lowest BCUT2D eigenvalue weighted by Gasteiger charge is -2.51. The number of nitrogens with zero attached hydrogens (tertiary/aromatic N) is 3. The molecule has 2 aromatic rings. The number of carbonyl (C=O) groups excluding carboxylic acids is 1. The van der Waals surface area contributed by atoms with Crippen LogP contribution in [0, 0.1) is 12.8 Å². The number of aromatic nitrogens is 1. The van der Waals surface area contributed by atoms with Crippen LogP contribution in [-0.2, 0) is 0 Å². The minimum atomic E-state index is 0.0631. The molecule has 1 amide bonds. The molecule has 1 aromatic heterocycles. The lowest BCUT2D eigenvalue weighted by molar-refractivity contribution is -0.00329. The van der Waals surface area contributed by atoms with Gasteiger partial charge in [-0.3, -0.25) is 9.69 Å². The Bertz CT molecular complexity index is 890. The van der Waals surface area contributed by atoms with Crippen molar-refractivity contribution in [2.24, 2.45) is 5.92 Å². The van der Waals surface area contributed by atoms with Crippen molar-refractivity contribution in [3.05, 3.63) is 40.4 Å². The predicted octanol–water partition coefficient (Wildman–Crippen LogP) is 2.44. The number of anilines is 1. The number of phenols is 1. The number of thiazole rings is 1. The van der Waals surface area contributed by atoms with E-state index in [9.17, 15) is 9.90 Å². The Balaban J connectivity index is 1.54. The molecular formula is C20H24N4O2S. The highest BCUT2D eigenvalue weighted by Gasteiger charge is 2.55. The van der Waals surface area contributed by atoms with Crippen molar-refractivity contribution in [1.29, 1.82) is 0 Å². The number of aryl methyl sites for hydroxylation is 1.